The normalized spacial score (nSPS) is 11.0. The van der Waals surface area contributed by atoms with Gasteiger partial charge >= 0.3 is 5.97 Å². The van der Waals surface area contributed by atoms with Crippen molar-refractivity contribution in [3.8, 4) is 0 Å². The summed E-state index contributed by atoms with van der Waals surface area (Å²) < 4.78 is 28.9. The van der Waals surface area contributed by atoms with Crippen LogP contribution in [0, 0.1) is 0 Å². The molecule has 8 heteroatoms. The zero-order valence-corrected chi connectivity index (χ0v) is 14.9. The molecule has 2 aromatic carbocycles. The van der Waals surface area contributed by atoms with Gasteiger partial charge in [-0.15, -0.1) is 0 Å². The first kappa shape index (κ1) is 19.0. The molecule has 2 rings (SSSR count). The third-order valence-electron chi connectivity index (χ3n) is 3.36. The van der Waals surface area contributed by atoms with Crippen LogP contribution >= 0.6 is 11.6 Å². The number of anilines is 1. The number of ether oxygens (including phenoxy) is 1. The van der Waals surface area contributed by atoms with Crippen LogP contribution in [0.15, 0.2) is 53.4 Å². The van der Waals surface area contributed by atoms with Gasteiger partial charge < -0.3 is 10.1 Å². The van der Waals surface area contributed by atoms with Gasteiger partial charge in [0.15, 0.2) is 9.84 Å². The second kappa shape index (κ2) is 8.13. The van der Waals surface area contributed by atoms with Crippen molar-refractivity contribution < 1.29 is 22.7 Å². The molecule has 0 radical (unpaired) electrons. The predicted octanol–water partition coefficient (Wildman–Crippen LogP) is 2.93. The minimum Gasteiger partial charge on any atom is -0.465 e. The Hall–Kier alpha value is -2.38. The molecule has 132 valence electrons. The van der Waals surface area contributed by atoms with E-state index in [-0.39, 0.29) is 27.7 Å². The highest BCUT2D eigenvalue weighted by molar-refractivity contribution is 7.91. The Bertz CT molecular complexity index is 881. The number of methoxy groups -OCH3 is 1. The van der Waals surface area contributed by atoms with Gasteiger partial charge in [0, 0.05) is 12.1 Å². The highest BCUT2D eigenvalue weighted by Crippen LogP contribution is 2.21. The number of sulfone groups is 1. The minimum absolute atomic E-state index is 0.110. The molecule has 1 N–H and O–H groups in total. The van der Waals surface area contributed by atoms with Crippen molar-refractivity contribution in [2.45, 2.75) is 11.3 Å². The SMILES string of the molecule is COC(=O)c1cc(NC(=O)CCS(=O)(=O)c2ccccc2)ccc1Cl. The Balaban J connectivity index is 2.02. The number of halogens is 1. The van der Waals surface area contributed by atoms with Crippen LogP contribution in [0.25, 0.3) is 0 Å². The molecular weight excluding hydrogens is 366 g/mol. The zero-order valence-electron chi connectivity index (χ0n) is 13.4. The van der Waals surface area contributed by atoms with E-state index in [1.165, 1.54) is 37.4 Å². The number of nitrogens with one attached hydrogen (secondary N) is 1. The maximum absolute atomic E-state index is 12.2. The van der Waals surface area contributed by atoms with Crippen molar-refractivity contribution in [3.63, 3.8) is 0 Å². The monoisotopic (exact) mass is 381 g/mol. The van der Waals surface area contributed by atoms with Gasteiger partial charge in [-0.1, -0.05) is 29.8 Å². The smallest absolute Gasteiger partial charge is 0.339 e. The van der Waals surface area contributed by atoms with E-state index < -0.39 is 21.7 Å². The number of rotatable bonds is 6. The maximum atomic E-state index is 12.2. The fourth-order valence-electron chi connectivity index (χ4n) is 2.07. The first-order valence-electron chi connectivity index (χ1n) is 7.29. The Morgan fingerprint density at radius 1 is 1.12 bits per heavy atom. The lowest BCUT2D eigenvalue weighted by Gasteiger charge is -2.09. The number of benzene rings is 2. The summed E-state index contributed by atoms with van der Waals surface area (Å²) in [4.78, 5) is 23.8. The Morgan fingerprint density at radius 3 is 2.44 bits per heavy atom. The number of amides is 1. The summed E-state index contributed by atoms with van der Waals surface area (Å²) >= 11 is 5.90. The molecule has 0 aromatic heterocycles. The van der Waals surface area contributed by atoms with E-state index in [2.05, 4.69) is 10.1 Å². The summed E-state index contributed by atoms with van der Waals surface area (Å²) in [5.41, 5.74) is 0.436. The molecule has 6 nitrogen and oxygen atoms in total. The molecule has 25 heavy (non-hydrogen) atoms. The fourth-order valence-corrected chi connectivity index (χ4v) is 3.52. The molecule has 0 saturated heterocycles. The molecule has 0 fully saturated rings. The average molecular weight is 382 g/mol. The molecule has 0 saturated carbocycles. The van der Waals surface area contributed by atoms with Crippen LogP contribution in [0.1, 0.15) is 16.8 Å². The molecule has 0 heterocycles. The quantitative estimate of drug-likeness (QED) is 0.777. The predicted molar refractivity (Wildman–Crippen MR) is 94.5 cm³/mol. The van der Waals surface area contributed by atoms with Gasteiger partial charge in [-0.3, -0.25) is 4.79 Å². The number of carbonyl (C=O) groups is 2. The van der Waals surface area contributed by atoms with Crippen LogP contribution in [-0.2, 0) is 19.4 Å². The van der Waals surface area contributed by atoms with Crippen molar-refractivity contribution in [2.24, 2.45) is 0 Å². The summed E-state index contributed by atoms with van der Waals surface area (Å²) in [6, 6.07) is 12.2. The topological polar surface area (TPSA) is 89.5 Å². The van der Waals surface area contributed by atoms with Gasteiger partial charge in [-0.25, -0.2) is 13.2 Å². The van der Waals surface area contributed by atoms with E-state index in [1.807, 2.05) is 0 Å². The van der Waals surface area contributed by atoms with Gasteiger partial charge in [0.25, 0.3) is 0 Å². The van der Waals surface area contributed by atoms with Crippen LogP contribution in [0.3, 0.4) is 0 Å². The summed E-state index contributed by atoms with van der Waals surface area (Å²) in [6.07, 6.45) is -0.215. The van der Waals surface area contributed by atoms with Gasteiger partial charge in [-0.05, 0) is 30.3 Å². The summed E-state index contributed by atoms with van der Waals surface area (Å²) in [6.45, 7) is 0. The molecule has 0 unspecified atom stereocenters. The Labute approximate surface area is 150 Å². The van der Waals surface area contributed by atoms with Crippen LogP contribution in [0.4, 0.5) is 5.69 Å². The van der Waals surface area contributed by atoms with Gasteiger partial charge in [0.2, 0.25) is 5.91 Å². The highest BCUT2D eigenvalue weighted by atomic mass is 35.5. The van der Waals surface area contributed by atoms with Crippen LogP contribution in [-0.4, -0.2) is 33.2 Å². The summed E-state index contributed by atoms with van der Waals surface area (Å²) in [5, 5.41) is 2.73. The van der Waals surface area contributed by atoms with Crippen LogP contribution in [0.5, 0.6) is 0 Å². The van der Waals surface area contributed by atoms with Crippen molar-refractivity contribution in [2.75, 3.05) is 18.2 Å². The van der Waals surface area contributed by atoms with Gasteiger partial charge in [0.1, 0.15) is 0 Å². The van der Waals surface area contributed by atoms with E-state index in [4.69, 9.17) is 11.6 Å². The molecule has 0 aliphatic carbocycles. The van der Waals surface area contributed by atoms with Crippen molar-refractivity contribution in [1.82, 2.24) is 0 Å². The van der Waals surface area contributed by atoms with Crippen molar-refractivity contribution >= 4 is 39.0 Å². The van der Waals surface area contributed by atoms with E-state index in [0.717, 1.165) is 0 Å². The standard InChI is InChI=1S/C17H16ClNO5S/c1-24-17(21)14-11-12(7-8-15(14)18)19-16(20)9-10-25(22,23)13-5-3-2-4-6-13/h2-8,11H,9-10H2,1H3,(H,19,20). The molecule has 2 aromatic rings. The number of esters is 1. The van der Waals surface area contributed by atoms with E-state index >= 15 is 0 Å². The number of hydrogen-bond acceptors (Lipinski definition) is 5. The summed E-state index contributed by atoms with van der Waals surface area (Å²) in [7, 11) is -2.32. The van der Waals surface area contributed by atoms with Crippen LogP contribution < -0.4 is 5.32 Å². The molecule has 0 aliphatic heterocycles. The lowest BCUT2D eigenvalue weighted by molar-refractivity contribution is -0.115. The molecule has 0 aliphatic rings. The van der Waals surface area contributed by atoms with Crippen LogP contribution in [0.2, 0.25) is 5.02 Å². The second-order valence-electron chi connectivity index (χ2n) is 5.12. The lowest BCUT2D eigenvalue weighted by Crippen LogP contribution is -2.17. The number of hydrogen-bond donors (Lipinski definition) is 1. The maximum Gasteiger partial charge on any atom is 0.339 e. The second-order valence-corrected chi connectivity index (χ2v) is 7.63. The minimum atomic E-state index is -3.54. The largest absolute Gasteiger partial charge is 0.465 e. The lowest BCUT2D eigenvalue weighted by atomic mass is 10.2. The van der Waals surface area contributed by atoms with Crippen molar-refractivity contribution in [1.29, 1.82) is 0 Å². The first-order chi connectivity index (χ1) is 11.8. The average Bonchev–Trinajstić information content (AvgIpc) is 2.62. The van der Waals surface area contributed by atoms with E-state index in [0.29, 0.717) is 5.69 Å². The molecule has 1 amide bonds. The Morgan fingerprint density at radius 2 is 1.80 bits per heavy atom. The molecular formula is C17H16ClNO5S. The van der Waals surface area contributed by atoms with Gasteiger partial charge in [-0.2, -0.15) is 0 Å². The fraction of sp³-hybridized carbons (Fsp3) is 0.176. The number of carbonyl (C=O) groups excluding carboxylic acids is 2. The molecule has 0 spiro atoms. The third-order valence-corrected chi connectivity index (χ3v) is 5.42. The third kappa shape index (κ3) is 5.04. The Kier molecular flexibility index (Phi) is 6.17. The highest BCUT2D eigenvalue weighted by Gasteiger charge is 2.17. The van der Waals surface area contributed by atoms with Gasteiger partial charge in [0.05, 0.1) is 28.3 Å². The van der Waals surface area contributed by atoms with E-state index in [1.54, 1.807) is 18.2 Å². The summed E-state index contributed by atoms with van der Waals surface area (Å²) in [5.74, 6) is -1.44. The van der Waals surface area contributed by atoms with E-state index in [9.17, 15) is 18.0 Å². The first-order valence-corrected chi connectivity index (χ1v) is 9.32. The zero-order chi connectivity index (χ0) is 18.4. The molecule has 0 atom stereocenters. The molecule has 0 bridgehead atoms. The van der Waals surface area contributed by atoms with Crippen molar-refractivity contribution in [3.05, 3.63) is 59.1 Å².